The third kappa shape index (κ3) is 5.05. The summed E-state index contributed by atoms with van der Waals surface area (Å²) in [6.07, 6.45) is 0. The molecule has 9 heteroatoms. The highest BCUT2D eigenvalue weighted by Crippen LogP contribution is 2.29. The summed E-state index contributed by atoms with van der Waals surface area (Å²) in [7, 11) is 1.50. The Bertz CT molecular complexity index is 1100. The van der Waals surface area contributed by atoms with Gasteiger partial charge in [0.05, 0.1) is 24.4 Å². The van der Waals surface area contributed by atoms with E-state index in [0.29, 0.717) is 23.7 Å². The molecule has 1 aromatic carbocycles. The molecule has 0 unspecified atom stereocenters. The van der Waals surface area contributed by atoms with Crippen LogP contribution in [0.5, 0.6) is 11.5 Å². The molecule has 2 heterocycles. The van der Waals surface area contributed by atoms with Crippen molar-refractivity contribution in [1.29, 1.82) is 0 Å². The monoisotopic (exact) mass is 442 g/mol. The van der Waals surface area contributed by atoms with Gasteiger partial charge in [-0.05, 0) is 52.0 Å². The fourth-order valence-corrected chi connectivity index (χ4v) is 3.87. The van der Waals surface area contributed by atoms with Crippen molar-refractivity contribution in [1.82, 2.24) is 20.4 Å². The molecule has 0 aliphatic carbocycles. The van der Waals surface area contributed by atoms with Crippen molar-refractivity contribution in [3.8, 4) is 22.8 Å². The average molecular weight is 443 g/mol. The number of hydrogen-bond donors (Lipinski definition) is 2. The minimum absolute atomic E-state index is 0.0770. The molecule has 8 nitrogen and oxygen atoms in total. The molecule has 0 bridgehead atoms. The number of aromatic nitrogens is 2. The minimum atomic E-state index is -0.450. The summed E-state index contributed by atoms with van der Waals surface area (Å²) >= 11 is 1.59. The predicted octanol–water partition coefficient (Wildman–Crippen LogP) is 3.41. The lowest BCUT2D eigenvalue weighted by Gasteiger charge is -2.13. The number of benzene rings is 1. The van der Waals surface area contributed by atoms with E-state index in [1.165, 1.54) is 7.11 Å². The first-order valence-electron chi connectivity index (χ1n) is 9.83. The minimum Gasteiger partial charge on any atom is -0.493 e. The van der Waals surface area contributed by atoms with Gasteiger partial charge in [-0.2, -0.15) is 0 Å². The number of aryl methyl sites for hydroxylation is 2. The van der Waals surface area contributed by atoms with Gasteiger partial charge in [0.1, 0.15) is 6.54 Å². The van der Waals surface area contributed by atoms with Crippen molar-refractivity contribution in [2.24, 2.45) is 0 Å². The third-order valence-electron chi connectivity index (χ3n) is 4.81. The molecule has 3 rings (SSSR count). The van der Waals surface area contributed by atoms with E-state index in [1.54, 1.807) is 29.5 Å². The summed E-state index contributed by atoms with van der Waals surface area (Å²) in [4.78, 5) is 29.4. The third-order valence-corrected chi connectivity index (χ3v) is 5.58. The number of hydrogen-bond acceptors (Lipinski definition) is 6. The van der Waals surface area contributed by atoms with Gasteiger partial charge < -0.3 is 14.0 Å². The molecule has 0 saturated heterocycles. The van der Waals surface area contributed by atoms with Crippen LogP contribution in [0.3, 0.4) is 0 Å². The second-order valence-corrected chi connectivity index (χ2v) is 7.99. The van der Waals surface area contributed by atoms with Gasteiger partial charge in [-0.15, -0.1) is 11.3 Å². The molecule has 0 aliphatic rings. The highest BCUT2D eigenvalue weighted by atomic mass is 32.1. The second-order valence-electron chi connectivity index (χ2n) is 6.92. The van der Waals surface area contributed by atoms with Crippen LogP contribution >= 0.6 is 11.3 Å². The van der Waals surface area contributed by atoms with Crippen molar-refractivity contribution >= 4 is 23.2 Å². The molecule has 0 fully saturated rings. The van der Waals surface area contributed by atoms with Gasteiger partial charge in [-0.1, -0.05) is 0 Å². The molecule has 0 radical (unpaired) electrons. The fraction of sp³-hybridized carbons (Fsp3) is 0.318. The summed E-state index contributed by atoms with van der Waals surface area (Å²) in [5.41, 5.74) is 9.04. The number of carbonyl (C=O) groups excluding carboxylic acids is 2. The molecule has 0 spiro atoms. The number of nitrogens with one attached hydrogen (secondary N) is 2. The Labute approximate surface area is 185 Å². The van der Waals surface area contributed by atoms with Crippen LogP contribution in [0, 0.1) is 20.8 Å². The quantitative estimate of drug-likeness (QED) is 0.547. The summed E-state index contributed by atoms with van der Waals surface area (Å²) in [5.74, 6) is 0.211. The lowest BCUT2D eigenvalue weighted by molar-refractivity contribution is -0.122. The zero-order valence-corrected chi connectivity index (χ0v) is 19.1. The van der Waals surface area contributed by atoms with Crippen LogP contribution in [0.15, 0.2) is 29.6 Å². The molecule has 2 aromatic heterocycles. The molecule has 0 aliphatic heterocycles. The normalized spacial score (nSPS) is 10.6. The van der Waals surface area contributed by atoms with Gasteiger partial charge in [-0.3, -0.25) is 20.4 Å². The van der Waals surface area contributed by atoms with Crippen LogP contribution in [-0.2, 0) is 11.3 Å². The lowest BCUT2D eigenvalue weighted by Crippen LogP contribution is -2.43. The topological polar surface area (TPSA) is 94.5 Å². The van der Waals surface area contributed by atoms with E-state index in [0.717, 1.165) is 27.7 Å². The number of hydrazine groups is 1. The number of methoxy groups -OCH3 is 1. The smallest absolute Gasteiger partial charge is 0.269 e. The Kier molecular flexibility index (Phi) is 6.96. The maximum absolute atomic E-state index is 12.5. The first-order valence-corrected chi connectivity index (χ1v) is 10.7. The highest BCUT2D eigenvalue weighted by Gasteiger charge is 2.16. The molecule has 2 amide bonds. The first kappa shape index (κ1) is 22.4. The molecule has 0 saturated carbocycles. The van der Waals surface area contributed by atoms with Crippen LogP contribution in [0.2, 0.25) is 0 Å². The number of amides is 2. The van der Waals surface area contributed by atoms with E-state index in [4.69, 9.17) is 9.47 Å². The summed E-state index contributed by atoms with van der Waals surface area (Å²) in [6, 6.07) is 6.85. The van der Waals surface area contributed by atoms with Gasteiger partial charge in [-0.25, -0.2) is 4.98 Å². The van der Waals surface area contributed by atoms with Crippen molar-refractivity contribution in [3.63, 3.8) is 0 Å². The van der Waals surface area contributed by atoms with E-state index in [9.17, 15) is 9.59 Å². The number of nitrogens with zero attached hydrogens (tertiary/aromatic N) is 2. The molecule has 164 valence electrons. The van der Waals surface area contributed by atoms with Crippen LogP contribution in [0.1, 0.15) is 33.7 Å². The van der Waals surface area contributed by atoms with Crippen molar-refractivity contribution in [2.75, 3.05) is 13.7 Å². The Morgan fingerprint density at radius 1 is 1.13 bits per heavy atom. The predicted molar refractivity (Wildman–Crippen MR) is 120 cm³/mol. The molecule has 0 atom stereocenters. The Balaban J connectivity index is 1.64. The van der Waals surface area contributed by atoms with E-state index in [1.807, 2.05) is 43.7 Å². The number of thiazole rings is 1. The Hall–Kier alpha value is -3.33. The number of rotatable bonds is 7. The Morgan fingerprint density at radius 2 is 1.90 bits per heavy atom. The van der Waals surface area contributed by atoms with Crippen molar-refractivity contribution in [2.45, 2.75) is 34.2 Å². The van der Waals surface area contributed by atoms with Crippen molar-refractivity contribution < 1.29 is 19.1 Å². The zero-order chi connectivity index (χ0) is 22.5. The lowest BCUT2D eigenvalue weighted by atomic mass is 10.2. The first-order chi connectivity index (χ1) is 14.8. The van der Waals surface area contributed by atoms with Crippen LogP contribution in [0.25, 0.3) is 11.3 Å². The molecular weight excluding hydrogens is 416 g/mol. The van der Waals surface area contributed by atoms with Crippen LogP contribution in [0.4, 0.5) is 0 Å². The van der Waals surface area contributed by atoms with Gasteiger partial charge in [0.2, 0.25) is 0 Å². The maximum Gasteiger partial charge on any atom is 0.269 e. The average Bonchev–Trinajstić information content (AvgIpc) is 3.30. The number of carbonyl (C=O) groups is 2. The summed E-state index contributed by atoms with van der Waals surface area (Å²) in [6.45, 7) is 8.28. The molecule has 31 heavy (non-hydrogen) atoms. The van der Waals surface area contributed by atoms with Crippen molar-refractivity contribution in [3.05, 3.63) is 51.6 Å². The maximum atomic E-state index is 12.5. The van der Waals surface area contributed by atoms with E-state index < -0.39 is 5.91 Å². The van der Waals surface area contributed by atoms with Crippen LogP contribution < -0.4 is 20.3 Å². The molecule has 3 aromatic rings. The van der Waals surface area contributed by atoms with E-state index in [-0.39, 0.29) is 12.5 Å². The van der Waals surface area contributed by atoms with E-state index >= 15 is 0 Å². The van der Waals surface area contributed by atoms with Gasteiger partial charge in [0.25, 0.3) is 11.8 Å². The summed E-state index contributed by atoms with van der Waals surface area (Å²) < 4.78 is 12.6. The zero-order valence-electron chi connectivity index (χ0n) is 18.2. The molecular formula is C22H26N4O4S. The second kappa shape index (κ2) is 9.65. The van der Waals surface area contributed by atoms with Gasteiger partial charge in [0, 0.05) is 27.9 Å². The van der Waals surface area contributed by atoms with Gasteiger partial charge in [0.15, 0.2) is 11.5 Å². The number of ether oxygens (including phenoxy) is 2. The SMILES string of the molecule is CCOc1ccc(C(=O)NNC(=O)Cn2c(C)cc(-c3csc(C)n3)c2C)cc1OC. The fourth-order valence-electron chi connectivity index (χ4n) is 3.26. The van der Waals surface area contributed by atoms with Gasteiger partial charge >= 0.3 is 0 Å². The highest BCUT2D eigenvalue weighted by molar-refractivity contribution is 7.09. The summed E-state index contributed by atoms with van der Waals surface area (Å²) in [5, 5.41) is 3.00. The van der Waals surface area contributed by atoms with Crippen LogP contribution in [-0.4, -0.2) is 35.1 Å². The molecule has 2 N–H and O–H groups in total. The standard InChI is InChI=1S/C22H26N4O4S/c1-6-30-19-8-7-16(10-20(19)29-5)22(28)25-24-21(27)11-26-13(2)9-17(14(26)3)18-12-31-15(4)23-18/h7-10,12H,6,11H2,1-5H3,(H,24,27)(H,25,28). The largest absolute Gasteiger partial charge is 0.493 e. The van der Waals surface area contributed by atoms with E-state index in [2.05, 4.69) is 15.8 Å². The Morgan fingerprint density at radius 3 is 2.55 bits per heavy atom.